The summed E-state index contributed by atoms with van der Waals surface area (Å²) < 4.78 is 5.65. The molecule has 28 heavy (non-hydrogen) atoms. The summed E-state index contributed by atoms with van der Waals surface area (Å²) in [5.41, 5.74) is 4.51. The third kappa shape index (κ3) is 4.13. The first-order valence-electron chi connectivity index (χ1n) is 9.47. The number of ether oxygens (including phenoxy) is 1. The van der Waals surface area contributed by atoms with Crippen molar-refractivity contribution in [3.8, 4) is 5.75 Å². The van der Waals surface area contributed by atoms with Crippen molar-refractivity contribution in [2.75, 3.05) is 6.61 Å². The van der Waals surface area contributed by atoms with E-state index in [1.54, 1.807) is 6.07 Å². The lowest BCUT2D eigenvalue weighted by molar-refractivity contribution is -0.122. The Morgan fingerprint density at radius 3 is 2.82 bits per heavy atom. The van der Waals surface area contributed by atoms with Crippen LogP contribution in [0.4, 0.5) is 0 Å². The van der Waals surface area contributed by atoms with Crippen LogP contribution in [0.5, 0.6) is 5.75 Å². The van der Waals surface area contributed by atoms with Crippen LogP contribution in [0.2, 0.25) is 10.0 Å². The van der Waals surface area contributed by atoms with Crippen LogP contribution >= 0.6 is 23.2 Å². The Morgan fingerprint density at radius 2 is 2.04 bits per heavy atom. The molecule has 6 heteroatoms. The number of aromatic nitrogens is 1. The molecule has 1 aromatic heterocycles. The maximum Gasteiger partial charge on any atom is 0.223 e. The number of H-pyrrole nitrogens is 1. The fourth-order valence-electron chi connectivity index (χ4n) is 3.79. The first kappa shape index (κ1) is 19.2. The number of benzene rings is 2. The minimum atomic E-state index is 0.00884. The van der Waals surface area contributed by atoms with Gasteiger partial charge in [0.15, 0.2) is 0 Å². The van der Waals surface area contributed by atoms with E-state index in [1.165, 1.54) is 16.8 Å². The molecular weight excluding hydrogens is 395 g/mol. The summed E-state index contributed by atoms with van der Waals surface area (Å²) in [6.07, 6.45) is 2.88. The van der Waals surface area contributed by atoms with Crippen LogP contribution < -0.4 is 10.1 Å². The highest BCUT2D eigenvalue weighted by atomic mass is 35.5. The number of nitrogens with one attached hydrogen (secondary N) is 2. The molecule has 4 nitrogen and oxygen atoms in total. The topological polar surface area (TPSA) is 54.1 Å². The second kappa shape index (κ2) is 8.06. The van der Waals surface area contributed by atoms with Gasteiger partial charge in [-0.05, 0) is 56.0 Å². The fraction of sp³-hybridized carbons (Fsp3) is 0.318. The van der Waals surface area contributed by atoms with Crippen LogP contribution in [0.15, 0.2) is 36.4 Å². The molecule has 0 aliphatic heterocycles. The molecule has 1 unspecified atom stereocenters. The molecule has 3 aromatic rings. The van der Waals surface area contributed by atoms with E-state index in [4.69, 9.17) is 27.9 Å². The zero-order chi connectivity index (χ0) is 19.7. The lowest BCUT2D eigenvalue weighted by Gasteiger charge is -2.24. The molecule has 1 aliphatic rings. The van der Waals surface area contributed by atoms with Gasteiger partial charge in [-0.3, -0.25) is 4.79 Å². The molecule has 0 radical (unpaired) electrons. The van der Waals surface area contributed by atoms with E-state index in [9.17, 15) is 4.79 Å². The van der Waals surface area contributed by atoms with Crippen LogP contribution in [-0.2, 0) is 17.6 Å². The molecule has 0 saturated heterocycles. The van der Waals surface area contributed by atoms with Crippen molar-refractivity contribution < 1.29 is 9.53 Å². The van der Waals surface area contributed by atoms with Crippen molar-refractivity contribution in [1.82, 2.24) is 10.3 Å². The van der Waals surface area contributed by atoms with E-state index in [1.807, 2.05) is 37.3 Å². The number of carbonyl (C=O) groups is 1. The Labute approximate surface area is 174 Å². The highest BCUT2D eigenvalue weighted by Crippen LogP contribution is 2.35. The Balaban J connectivity index is 1.35. The largest absolute Gasteiger partial charge is 0.493 e. The molecule has 2 aromatic carbocycles. The van der Waals surface area contributed by atoms with Crippen LogP contribution in [0.1, 0.15) is 29.7 Å². The van der Waals surface area contributed by atoms with Crippen molar-refractivity contribution in [1.29, 1.82) is 0 Å². The summed E-state index contributed by atoms with van der Waals surface area (Å²) in [4.78, 5) is 15.8. The Bertz CT molecular complexity index is 1010. The standard InChI is InChI=1S/C22H22Cl2N2O2/c1-13-2-5-16(6-3-13)28-9-8-21(27)25-15-4-7-19-17(12-15)22-18(24)10-14(23)11-20(22)26-19/h2-3,5-6,10-11,15,26H,4,7-9,12H2,1H3,(H,25,27). The molecule has 2 N–H and O–H groups in total. The van der Waals surface area contributed by atoms with Crippen LogP contribution in [0.3, 0.4) is 0 Å². The second-order valence-electron chi connectivity index (χ2n) is 7.31. The number of hydrogen-bond acceptors (Lipinski definition) is 2. The summed E-state index contributed by atoms with van der Waals surface area (Å²) in [6.45, 7) is 2.40. The Kier molecular flexibility index (Phi) is 5.51. The molecule has 0 spiro atoms. The maximum atomic E-state index is 12.3. The minimum absolute atomic E-state index is 0.00884. The summed E-state index contributed by atoms with van der Waals surface area (Å²) in [5, 5.41) is 5.43. The van der Waals surface area contributed by atoms with Gasteiger partial charge in [0.05, 0.1) is 18.1 Å². The SMILES string of the molecule is Cc1ccc(OCCC(=O)NC2CCc3[nH]c4cc(Cl)cc(Cl)c4c3C2)cc1. The predicted molar refractivity (Wildman–Crippen MR) is 114 cm³/mol. The van der Waals surface area contributed by atoms with Gasteiger partial charge >= 0.3 is 0 Å². The summed E-state index contributed by atoms with van der Waals surface area (Å²) in [6, 6.07) is 11.6. The predicted octanol–water partition coefficient (Wildman–Crippen LogP) is 5.23. The first-order valence-corrected chi connectivity index (χ1v) is 10.2. The molecule has 1 atom stereocenters. The van der Waals surface area contributed by atoms with Gasteiger partial charge in [-0.15, -0.1) is 0 Å². The Morgan fingerprint density at radius 1 is 1.25 bits per heavy atom. The zero-order valence-electron chi connectivity index (χ0n) is 15.6. The van der Waals surface area contributed by atoms with E-state index in [2.05, 4.69) is 10.3 Å². The molecule has 0 bridgehead atoms. The van der Waals surface area contributed by atoms with E-state index < -0.39 is 0 Å². The van der Waals surface area contributed by atoms with Gasteiger partial charge in [0, 0.05) is 27.7 Å². The molecule has 0 saturated carbocycles. The number of carbonyl (C=O) groups excluding carboxylic acids is 1. The lowest BCUT2D eigenvalue weighted by Crippen LogP contribution is -2.39. The number of rotatable bonds is 5. The normalized spacial score (nSPS) is 16.0. The number of amides is 1. The average molecular weight is 417 g/mol. The second-order valence-corrected chi connectivity index (χ2v) is 8.15. The van der Waals surface area contributed by atoms with Gasteiger partial charge in [0.25, 0.3) is 0 Å². The number of aryl methyl sites for hydroxylation is 2. The van der Waals surface area contributed by atoms with E-state index >= 15 is 0 Å². The van der Waals surface area contributed by atoms with Crippen LogP contribution in [0, 0.1) is 6.92 Å². The molecule has 1 heterocycles. The van der Waals surface area contributed by atoms with Gasteiger partial charge in [-0.2, -0.15) is 0 Å². The number of aromatic amines is 1. The minimum Gasteiger partial charge on any atom is -0.493 e. The van der Waals surface area contributed by atoms with Crippen molar-refractivity contribution in [3.05, 3.63) is 63.3 Å². The first-order chi connectivity index (χ1) is 13.5. The van der Waals surface area contributed by atoms with Crippen molar-refractivity contribution in [2.24, 2.45) is 0 Å². The van der Waals surface area contributed by atoms with Crippen molar-refractivity contribution in [3.63, 3.8) is 0 Å². The molecule has 1 amide bonds. The number of hydrogen-bond donors (Lipinski definition) is 2. The smallest absolute Gasteiger partial charge is 0.223 e. The molecule has 4 rings (SSSR count). The van der Waals surface area contributed by atoms with Gasteiger partial charge in [-0.1, -0.05) is 40.9 Å². The van der Waals surface area contributed by atoms with E-state index in [0.29, 0.717) is 23.1 Å². The molecule has 1 aliphatic carbocycles. The molecule has 146 valence electrons. The molecular formula is C22H22Cl2N2O2. The number of fused-ring (bicyclic) bond motifs is 3. The van der Waals surface area contributed by atoms with Gasteiger partial charge < -0.3 is 15.0 Å². The van der Waals surface area contributed by atoms with E-state index in [-0.39, 0.29) is 11.9 Å². The highest BCUT2D eigenvalue weighted by Gasteiger charge is 2.25. The zero-order valence-corrected chi connectivity index (χ0v) is 17.2. The monoisotopic (exact) mass is 416 g/mol. The van der Waals surface area contributed by atoms with Gasteiger partial charge in [-0.25, -0.2) is 0 Å². The quantitative estimate of drug-likeness (QED) is 0.598. The van der Waals surface area contributed by atoms with Crippen LogP contribution in [-0.4, -0.2) is 23.5 Å². The average Bonchev–Trinajstić information content (AvgIpc) is 3.01. The highest BCUT2D eigenvalue weighted by molar-refractivity contribution is 6.38. The van der Waals surface area contributed by atoms with Gasteiger partial charge in [0.2, 0.25) is 5.91 Å². The third-order valence-corrected chi connectivity index (χ3v) is 5.70. The van der Waals surface area contributed by atoms with Crippen molar-refractivity contribution >= 4 is 40.0 Å². The number of halogens is 2. The third-order valence-electron chi connectivity index (χ3n) is 5.18. The summed E-state index contributed by atoms with van der Waals surface area (Å²) >= 11 is 12.5. The maximum absolute atomic E-state index is 12.3. The van der Waals surface area contributed by atoms with Gasteiger partial charge in [0.1, 0.15) is 5.75 Å². The molecule has 0 fully saturated rings. The Hall–Kier alpha value is -2.17. The lowest BCUT2D eigenvalue weighted by atomic mass is 9.91. The summed E-state index contributed by atoms with van der Waals surface area (Å²) in [7, 11) is 0. The van der Waals surface area contributed by atoms with E-state index in [0.717, 1.165) is 35.9 Å². The summed E-state index contributed by atoms with van der Waals surface area (Å²) in [5.74, 6) is 0.794. The van der Waals surface area contributed by atoms with Crippen molar-refractivity contribution in [2.45, 2.75) is 38.6 Å². The van der Waals surface area contributed by atoms with Crippen LogP contribution in [0.25, 0.3) is 10.9 Å². The fourth-order valence-corrected chi connectivity index (χ4v) is 4.40.